The molecule has 0 spiro atoms. The summed E-state index contributed by atoms with van der Waals surface area (Å²) in [6, 6.07) is 4.63. The number of nitrogens with one attached hydrogen (secondary N) is 1. The molecule has 0 saturated heterocycles. The molecule has 0 saturated carbocycles. The SMILES string of the molecule is CCOC(=O)C(C)NP(=O)(COS(C)(=O)=O)Oc1c(C(C)C)cccc1C(C)C. The predicted molar refractivity (Wildman–Crippen MR) is 113 cm³/mol. The van der Waals surface area contributed by atoms with E-state index in [1.165, 1.54) is 6.92 Å². The van der Waals surface area contributed by atoms with Crippen molar-refractivity contribution < 1.29 is 31.2 Å². The van der Waals surface area contributed by atoms with Crippen LogP contribution in [0, 0.1) is 0 Å². The number of esters is 1. The molecule has 1 N–H and O–H groups in total. The van der Waals surface area contributed by atoms with Crippen LogP contribution in [0.25, 0.3) is 0 Å². The van der Waals surface area contributed by atoms with Crippen molar-refractivity contribution in [2.45, 2.75) is 59.4 Å². The predicted octanol–water partition coefficient (Wildman–Crippen LogP) is 3.98. The van der Waals surface area contributed by atoms with Crippen LogP contribution in [-0.2, 0) is 28.4 Å². The van der Waals surface area contributed by atoms with Crippen LogP contribution in [0.5, 0.6) is 5.75 Å². The van der Waals surface area contributed by atoms with E-state index in [0.717, 1.165) is 17.4 Å². The van der Waals surface area contributed by atoms with Crippen molar-refractivity contribution in [1.29, 1.82) is 0 Å². The zero-order valence-electron chi connectivity index (χ0n) is 18.1. The molecule has 0 fully saturated rings. The van der Waals surface area contributed by atoms with Crippen molar-refractivity contribution in [1.82, 2.24) is 5.09 Å². The number of carbonyl (C=O) groups excluding carboxylic acids is 1. The van der Waals surface area contributed by atoms with Crippen LogP contribution in [0.15, 0.2) is 18.2 Å². The molecule has 0 aliphatic heterocycles. The van der Waals surface area contributed by atoms with Gasteiger partial charge in [0.05, 0.1) is 12.9 Å². The van der Waals surface area contributed by atoms with E-state index in [-0.39, 0.29) is 18.4 Å². The number of ether oxygens (including phenoxy) is 1. The third-order valence-electron chi connectivity index (χ3n) is 4.03. The van der Waals surface area contributed by atoms with Crippen molar-refractivity contribution >= 4 is 23.6 Å². The number of hydrogen-bond acceptors (Lipinski definition) is 7. The Balaban J connectivity index is 3.37. The average molecular weight is 450 g/mol. The molecule has 29 heavy (non-hydrogen) atoms. The van der Waals surface area contributed by atoms with E-state index in [9.17, 15) is 17.8 Å². The van der Waals surface area contributed by atoms with E-state index in [1.807, 2.05) is 45.9 Å². The molecule has 8 nitrogen and oxygen atoms in total. The van der Waals surface area contributed by atoms with Crippen LogP contribution in [0.2, 0.25) is 0 Å². The maximum absolute atomic E-state index is 13.6. The largest absolute Gasteiger partial charge is 0.465 e. The third-order valence-corrected chi connectivity index (χ3v) is 6.47. The summed E-state index contributed by atoms with van der Waals surface area (Å²) in [5, 5.41) is 2.60. The normalized spacial score (nSPS) is 15.2. The van der Waals surface area contributed by atoms with Gasteiger partial charge in [0.2, 0.25) is 0 Å². The maximum Gasteiger partial charge on any atom is 0.344 e. The number of para-hydroxylation sites is 1. The third kappa shape index (κ3) is 8.09. The van der Waals surface area contributed by atoms with Gasteiger partial charge in [-0.2, -0.15) is 8.42 Å². The summed E-state index contributed by atoms with van der Waals surface area (Å²) >= 11 is 0. The van der Waals surface area contributed by atoms with Crippen molar-refractivity contribution in [3.05, 3.63) is 29.3 Å². The van der Waals surface area contributed by atoms with Crippen LogP contribution in [0.3, 0.4) is 0 Å². The topological polar surface area (TPSA) is 108 Å². The van der Waals surface area contributed by atoms with E-state index in [0.29, 0.717) is 5.75 Å². The highest BCUT2D eigenvalue weighted by Gasteiger charge is 2.34. The first-order chi connectivity index (χ1) is 13.3. The Morgan fingerprint density at radius 1 is 1.10 bits per heavy atom. The second-order valence-corrected chi connectivity index (χ2v) is 11.1. The molecule has 2 atom stereocenters. The Labute approximate surface area is 173 Å². The van der Waals surface area contributed by atoms with Gasteiger partial charge in [0.1, 0.15) is 11.8 Å². The zero-order valence-corrected chi connectivity index (χ0v) is 19.8. The monoisotopic (exact) mass is 449 g/mol. The molecule has 0 aliphatic carbocycles. The molecule has 10 heteroatoms. The van der Waals surface area contributed by atoms with Crippen molar-refractivity contribution in [3.63, 3.8) is 0 Å². The minimum atomic E-state index is -3.96. The highest BCUT2D eigenvalue weighted by atomic mass is 32.2. The molecular weight excluding hydrogens is 417 g/mol. The fourth-order valence-corrected chi connectivity index (χ4v) is 5.31. The number of hydrogen-bond donors (Lipinski definition) is 1. The Morgan fingerprint density at radius 3 is 2.03 bits per heavy atom. The highest BCUT2D eigenvalue weighted by molar-refractivity contribution is 7.86. The molecule has 0 heterocycles. The van der Waals surface area contributed by atoms with Gasteiger partial charge in [0, 0.05) is 0 Å². The summed E-state index contributed by atoms with van der Waals surface area (Å²) in [4.78, 5) is 12.0. The lowest BCUT2D eigenvalue weighted by atomic mass is 9.94. The standard InChI is InChI=1S/C19H32NO7PS/c1-8-25-19(21)15(6)20-28(22,12-26-29(7,23)24)27-18-16(13(2)3)10-9-11-17(18)14(4)5/h9-11,13-15H,8,12H2,1-7H3,(H,20,22). The second-order valence-electron chi connectivity index (χ2n) is 7.39. The first-order valence-corrected chi connectivity index (χ1v) is 13.1. The Kier molecular flexibility index (Phi) is 9.34. The van der Waals surface area contributed by atoms with Gasteiger partial charge in [-0.25, -0.2) is 5.09 Å². The van der Waals surface area contributed by atoms with Crippen LogP contribution in [0.1, 0.15) is 64.5 Å². The minimum Gasteiger partial charge on any atom is -0.465 e. The Bertz CT molecular complexity index is 826. The van der Waals surface area contributed by atoms with Crippen molar-refractivity contribution in [2.24, 2.45) is 0 Å². The van der Waals surface area contributed by atoms with Crippen molar-refractivity contribution in [2.75, 3.05) is 19.2 Å². The van der Waals surface area contributed by atoms with Gasteiger partial charge in [-0.15, -0.1) is 0 Å². The van der Waals surface area contributed by atoms with Gasteiger partial charge in [0.25, 0.3) is 10.1 Å². The van der Waals surface area contributed by atoms with Gasteiger partial charge >= 0.3 is 13.5 Å². The van der Waals surface area contributed by atoms with Crippen LogP contribution < -0.4 is 9.61 Å². The Morgan fingerprint density at radius 2 is 1.62 bits per heavy atom. The zero-order chi connectivity index (χ0) is 22.4. The van der Waals surface area contributed by atoms with Gasteiger partial charge in [-0.1, -0.05) is 45.9 Å². The summed E-state index contributed by atoms with van der Waals surface area (Å²) in [5.41, 5.74) is 1.64. The van der Waals surface area contributed by atoms with Gasteiger partial charge in [0.15, 0.2) is 6.35 Å². The lowest BCUT2D eigenvalue weighted by Crippen LogP contribution is -2.35. The number of benzene rings is 1. The van der Waals surface area contributed by atoms with Crippen LogP contribution >= 0.6 is 7.52 Å². The first kappa shape index (κ1) is 25.6. The molecular formula is C19H32NO7PS. The molecule has 0 aliphatic rings. The fraction of sp³-hybridized carbons (Fsp3) is 0.632. The van der Waals surface area contributed by atoms with E-state index in [2.05, 4.69) is 5.09 Å². The minimum absolute atomic E-state index is 0.0652. The average Bonchev–Trinajstić information content (AvgIpc) is 2.59. The summed E-state index contributed by atoms with van der Waals surface area (Å²) < 4.78 is 52.2. The van der Waals surface area contributed by atoms with Crippen molar-refractivity contribution in [3.8, 4) is 5.75 Å². The highest BCUT2D eigenvalue weighted by Crippen LogP contribution is 2.48. The quantitative estimate of drug-likeness (QED) is 0.307. The molecule has 1 rings (SSSR count). The summed E-state index contributed by atoms with van der Waals surface area (Å²) in [6.07, 6.45) is 0.104. The van der Waals surface area contributed by atoms with Gasteiger partial charge < -0.3 is 9.26 Å². The first-order valence-electron chi connectivity index (χ1n) is 9.50. The summed E-state index contributed by atoms with van der Waals surface area (Å²) in [6.45, 7) is 11.2. The van der Waals surface area contributed by atoms with E-state index in [1.54, 1.807) is 6.92 Å². The lowest BCUT2D eigenvalue weighted by Gasteiger charge is -2.27. The van der Waals surface area contributed by atoms with E-state index in [4.69, 9.17) is 13.4 Å². The molecule has 1 aromatic carbocycles. The molecule has 0 radical (unpaired) electrons. The molecule has 0 aromatic heterocycles. The van der Waals surface area contributed by atoms with Gasteiger partial charge in [-0.05, 0) is 36.8 Å². The van der Waals surface area contributed by atoms with E-state index < -0.39 is 36.0 Å². The maximum atomic E-state index is 13.6. The van der Waals surface area contributed by atoms with Crippen LogP contribution in [-0.4, -0.2) is 39.6 Å². The van der Waals surface area contributed by atoms with Gasteiger partial charge in [-0.3, -0.25) is 13.5 Å². The summed E-state index contributed by atoms with van der Waals surface area (Å²) in [7, 11) is -7.83. The fourth-order valence-electron chi connectivity index (χ4n) is 2.61. The second kappa shape index (κ2) is 10.6. The number of rotatable bonds is 11. The molecule has 2 unspecified atom stereocenters. The van der Waals surface area contributed by atoms with Crippen LogP contribution in [0.4, 0.5) is 0 Å². The molecule has 0 amide bonds. The smallest absolute Gasteiger partial charge is 0.344 e. The molecule has 0 bridgehead atoms. The lowest BCUT2D eigenvalue weighted by molar-refractivity contribution is -0.144. The van der Waals surface area contributed by atoms with E-state index >= 15 is 0 Å². The summed E-state index contributed by atoms with van der Waals surface area (Å²) in [5.74, 6) is -0.0932. The Hall–Kier alpha value is -1.41. The molecule has 1 aromatic rings. The number of carbonyl (C=O) groups is 1. The molecule has 166 valence electrons.